The third kappa shape index (κ3) is 4.18. The number of rotatable bonds is 6. The lowest BCUT2D eigenvalue weighted by Gasteiger charge is -2.28. The minimum Gasteiger partial charge on any atom is -0.370 e. The maximum absolute atomic E-state index is 10.9. The van der Waals surface area contributed by atoms with Crippen LogP contribution in [0, 0.1) is 5.92 Å². The van der Waals surface area contributed by atoms with E-state index in [4.69, 9.17) is 11.5 Å². The lowest BCUT2D eigenvalue weighted by Crippen LogP contribution is -2.42. The normalized spacial score (nSPS) is 19.7. The van der Waals surface area contributed by atoms with Crippen LogP contribution in [-0.4, -0.2) is 37.0 Å². The van der Waals surface area contributed by atoms with Gasteiger partial charge >= 0.3 is 0 Å². The number of primary amides is 1. The molecule has 0 bridgehead atoms. The van der Waals surface area contributed by atoms with Gasteiger partial charge in [0.15, 0.2) is 0 Å². The second-order valence-electron chi connectivity index (χ2n) is 4.65. The van der Waals surface area contributed by atoms with Crippen molar-refractivity contribution in [2.45, 2.75) is 38.1 Å². The number of hydrogen-bond donors (Lipinski definition) is 2. The van der Waals surface area contributed by atoms with E-state index in [1.807, 2.05) is 7.05 Å². The molecule has 0 spiro atoms. The number of carbonyl (C=O) groups excluding carboxylic acids is 1. The van der Waals surface area contributed by atoms with Crippen molar-refractivity contribution in [3.05, 3.63) is 0 Å². The molecule has 1 atom stereocenters. The van der Waals surface area contributed by atoms with Gasteiger partial charge in [-0.1, -0.05) is 12.8 Å². The Kier molecular flexibility index (Phi) is 5.05. The SMILES string of the molecule is CN(CC1CCCC1)C(CN)CC(N)=O. The molecule has 0 aromatic rings. The smallest absolute Gasteiger partial charge is 0.219 e. The van der Waals surface area contributed by atoms with E-state index in [0.717, 1.165) is 12.5 Å². The van der Waals surface area contributed by atoms with Crippen molar-refractivity contribution in [2.24, 2.45) is 17.4 Å². The molecule has 0 aromatic carbocycles. The quantitative estimate of drug-likeness (QED) is 0.667. The van der Waals surface area contributed by atoms with Crippen molar-refractivity contribution in [1.29, 1.82) is 0 Å². The molecule has 15 heavy (non-hydrogen) atoms. The maximum atomic E-state index is 10.9. The Morgan fingerprint density at radius 1 is 1.47 bits per heavy atom. The molecule has 4 heteroatoms. The van der Waals surface area contributed by atoms with E-state index >= 15 is 0 Å². The van der Waals surface area contributed by atoms with Crippen molar-refractivity contribution in [1.82, 2.24) is 4.90 Å². The van der Waals surface area contributed by atoms with Gasteiger partial charge in [-0.3, -0.25) is 4.79 Å². The van der Waals surface area contributed by atoms with Crippen LogP contribution in [0.3, 0.4) is 0 Å². The van der Waals surface area contributed by atoms with Crippen LogP contribution in [0.2, 0.25) is 0 Å². The summed E-state index contributed by atoms with van der Waals surface area (Å²) in [7, 11) is 2.04. The highest BCUT2D eigenvalue weighted by Crippen LogP contribution is 2.25. The van der Waals surface area contributed by atoms with E-state index < -0.39 is 0 Å². The van der Waals surface area contributed by atoms with Gasteiger partial charge in [0.1, 0.15) is 0 Å². The van der Waals surface area contributed by atoms with Crippen molar-refractivity contribution in [3.63, 3.8) is 0 Å². The second kappa shape index (κ2) is 6.08. The zero-order valence-corrected chi connectivity index (χ0v) is 9.61. The first-order chi connectivity index (χ1) is 7.13. The third-order valence-corrected chi connectivity index (χ3v) is 3.35. The van der Waals surface area contributed by atoms with E-state index in [-0.39, 0.29) is 11.9 Å². The van der Waals surface area contributed by atoms with Crippen molar-refractivity contribution >= 4 is 5.91 Å². The molecule has 0 heterocycles. The summed E-state index contributed by atoms with van der Waals surface area (Å²) in [5.41, 5.74) is 10.8. The van der Waals surface area contributed by atoms with Crippen LogP contribution in [0.25, 0.3) is 0 Å². The van der Waals surface area contributed by atoms with Gasteiger partial charge in [0.25, 0.3) is 0 Å². The van der Waals surface area contributed by atoms with Gasteiger partial charge in [0.05, 0.1) is 0 Å². The highest BCUT2D eigenvalue weighted by Gasteiger charge is 2.21. The number of hydrogen-bond acceptors (Lipinski definition) is 3. The summed E-state index contributed by atoms with van der Waals surface area (Å²) < 4.78 is 0. The number of nitrogens with two attached hydrogens (primary N) is 2. The van der Waals surface area contributed by atoms with Gasteiger partial charge in [-0.15, -0.1) is 0 Å². The predicted molar refractivity (Wildman–Crippen MR) is 61.2 cm³/mol. The fraction of sp³-hybridized carbons (Fsp3) is 0.909. The molecule has 0 aliphatic heterocycles. The standard InChI is InChI=1S/C11H23N3O/c1-14(8-9-4-2-3-5-9)10(7-12)6-11(13)15/h9-10H,2-8,12H2,1H3,(H2,13,15). The number of carbonyl (C=O) groups is 1. The van der Waals surface area contributed by atoms with Crippen LogP contribution in [0.4, 0.5) is 0 Å². The van der Waals surface area contributed by atoms with Gasteiger partial charge in [-0.2, -0.15) is 0 Å². The Hall–Kier alpha value is -0.610. The highest BCUT2D eigenvalue weighted by molar-refractivity contribution is 5.74. The zero-order valence-electron chi connectivity index (χ0n) is 9.61. The van der Waals surface area contributed by atoms with E-state index in [9.17, 15) is 4.79 Å². The molecule has 1 amide bonds. The van der Waals surface area contributed by atoms with Crippen LogP contribution < -0.4 is 11.5 Å². The Bertz CT molecular complexity index is 202. The first kappa shape index (κ1) is 12.5. The Balaban J connectivity index is 2.34. The van der Waals surface area contributed by atoms with Gasteiger partial charge < -0.3 is 16.4 Å². The van der Waals surface area contributed by atoms with E-state index in [1.165, 1.54) is 25.7 Å². The second-order valence-corrected chi connectivity index (χ2v) is 4.65. The molecule has 88 valence electrons. The molecule has 1 rings (SSSR count). The minimum atomic E-state index is -0.260. The lowest BCUT2D eigenvalue weighted by molar-refractivity contribution is -0.119. The van der Waals surface area contributed by atoms with Crippen molar-refractivity contribution in [3.8, 4) is 0 Å². The molecular weight excluding hydrogens is 190 g/mol. The summed E-state index contributed by atoms with van der Waals surface area (Å²) in [5, 5.41) is 0. The van der Waals surface area contributed by atoms with E-state index in [0.29, 0.717) is 13.0 Å². The largest absolute Gasteiger partial charge is 0.370 e. The van der Waals surface area contributed by atoms with Crippen LogP contribution in [-0.2, 0) is 4.79 Å². The molecule has 1 aliphatic carbocycles. The number of amides is 1. The number of nitrogens with zero attached hydrogens (tertiary/aromatic N) is 1. The molecule has 1 aliphatic rings. The molecule has 1 saturated carbocycles. The Morgan fingerprint density at radius 2 is 2.07 bits per heavy atom. The minimum absolute atomic E-state index is 0.114. The first-order valence-corrected chi connectivity index (χ1v) is 5.82. The monoisotopic (exact) mass is 213 g/mol. The first-order valence-electron chi connectivity index (χ1n) is 5.82. The van der Waals surface area contributed by atoms with Crippen LogP contribution in [0.1, 0.15) is 32.1 Å². The van der Waals surface area contributed by atoms with Gasteiger partial charge in [-0.25, -0.2) is 0 Å². The summed E-state index contributed by atoms with van der Waals surface area (Å²) in [6, 6.07) is 0.114. The highest BCUT2D eigenvalue weighted by atomic mass is 16.1. The number of likely N-dealkylation sites (N-methyl/N-ethyl adjacent to an activating group) is 1. The zero-order chi connectivity index (χ0) is 11.3. The van der Waals surface area contributed by atoms with Gasteiger partial charge in [0, 0.05) is 25.6 Å². The fourth-order valence-corrected chi connectivity index (χ4v) is 2.40. The molecule has 1 fully saturated rings. The summed E-state index contributed by atoms with van der Waals surface area (Å²) in [6.07, 6.45) is 5.71. The summed E-state index contributed by atoms with van der Waals surface area (Å²) in [6.45, 7) is 1.56. The van der Waals surface area contributed by atoms with Crippen LogP contribution >= 0.6 is 0 Å². The fourth-order valence-electron chi connectivity index (χ4n) is 2.40. The van der Waals surface area contributed by atoms with Crippen LogP contribution in [0.5, 0.6) is 0 Å². The average Bonchev–Trinajstić information content (AvgIpc) is 2.66. The average molecular weight is 213 g/mol. The van der Waals surface area contributed by atoms with Crippen LogP contribution in [0.15, 0.2) is 0 Å². The van der Waals surface area contributed by atoms with E-state index in [1.54, 1.807) is 0 Å². The summed E-state index contributed by atoms with van der Waals surface area (Å²) in [4.78, 5) is 13.0. The molecule has 0 aromatic heterocycles. The van der Waals surface area contributed by atoms with E-state index in [2.05, 4.69) is 4.90 Å². The van der Waals surface area contributed by atoms with Crippen molar-refractivity contribution in [2.75, 3.05) is 20.1 Å². The molecule has 4 N–H and O–H groups in total. The predicted octanol–water partition coefficient (Wildman–Crippen LogP) is 0.311. The summed E-state index contributed by atoms with van der Waals surface area (Å²) >= 11 is 0. The topological polar surface area (TPSA) is 72.3 Å². The molecule has 4 nitrogen and oxygen atoms in total. The van der Waals surface area contributed by atoms with Crippen molar-refractivity contribution < 1.29 is 4.79 Å². The molecule has 0 radical (unpaired) electrons. The lowest BCUT2D eigenvalue weighted by atomic mass is 10.1. The van der Waals surface area contributed by atoms with Gasteiger partial charge in [-0.05, 0) is 25.8 Å². The van der Waals surface area contributed by atoms with Gasteiger partial charge in [0.2, 0.25) is 5.91 Å². The Labute approximate surface area is 92.0 Å². The third-order valence-electron chi connectivity index (χ3n) is 3.35. The Morgan fingerprint density at radius 3 is 2.53 bits per heavy atom. The maximum Gasteiger partial charge on any atom is 0.219 e. The molecule has 0 saturated heterocycles. The molecule has 1 unspecified atom stereocenters. The molecular formula is C11H23N3O. The summed E-state index contributed by atoms with van der Waals surface area (Å²) in [5.74, 6) is 0.528.